The summed E-state index contributed by atoms with van der Waals surface area (Å²) in [5.74, 6) is -0.925. The molecule has 1 aliphatic rings. The van der Waals surface area contributed by atoms with Gasteiger partial charge in [0.2, 0.25) is 0 Å². The van der Waals surface area contributed by atoms with E-state index in [0.29, 0.717) is 12.2 Å². The van der Waals surface area contributed by atoms with Crippen LogP contribution >= 0.6 is 0 Å². The fraction of sp³-hybridized carbons (Fsp3) is 0.571. The summed E-state index contributed by atoms with van der Waals surface area (Å²) < 4.78 is 21.0. The van der Waals surface area contributed by atoms with E-state index in [2.05, 4.69) is 6.58 Å². The summed E-state index contributed by atoms with van der Waals surface area (Å²) in [5, 5.41) is 10.4. The lowest BCUT2D eigenvalue weighted by molar-refractivity contribution is -0.154. The molecular formula is C28H38O9. The minimum absolute atomic E-state index is 0.0149. The number of aliphatic hydroxyl groups is 1. The van der Waals surface area contributed by atoms with Crippen molar-refractivity contribution in [3.8, 4) is 5.75 Å². The first-order valence-corrected chi connectivity index (χ1v) is 12.6. The first kappa shape index (κ1) is 30.0. The molecule has 1 N–H and O–H groups in total. The molecule has 9 nitrogen and oxygen atoms in total. The number of esters is 3. The van der Waals surface area contributed by atoms with E-state index >= 15 is 0 Å². The lowest BCUT2D eigenvalue weighted by Gasteiger charge is -2.29. The number of rotatable bonds is 15. The smallest absolute Gasteiger partial charge is 0.330 e. The van der Waals surface area contributed by atoms with Gasteiger partial charge in [-0.1, -0.05) is 32.6 Å². The van der Waals surface area contributed by atoms with Crippen LogP contribution in [0.3, 0.4) is 0 Å². The topological polar surface area (TPSA) is 125 Å². The van der Waals surface area contributed by atoms with Gasteiger partial charge in [0, 0.05) is 29.7 Å². The maximum Gasteiger partial charge on any atom is 0.330 e. The maximum absolute atomic E-state index is 12.0. The first-order valence-electron chi connectivity index (χ1n) is 12.6. The Morgan fingerprint density at radius 2 is 1.59 bits per heavy atom. The van der Waals surface area contributed by atoms with E-state index in [1.807, 2.05) is 12.1 Å². The van der Waals surface area contributed by atoms with E-state index in [1.54, 1.807) is 26.0 Å². The number of ether oxygens (including phenoxy) is 4. The van der Waals surface area contributed by atoms with Gasteiger partial charge in [0.05, 0.1) is 32.7 Å². The van der Waals surface area contributed by atoms with Crippen molar-refractivity contribution in [2.24, 2.45) is 17.3 Å². The van der Waals surface area contributed by atoms with Crippen molar-refractivity contribution >= 4 is 24.2 Å². The normalized spacial score (nSPS) is 18.2. The summed E-state index contributed by atoms with van der Waals surface area (Å²) >= 11 is 0. The minimum Gasteiger partial charge on any atom is -0.465 e. The third-order valence-corrected chi connectivity index (χ3v) is 6.18. The zero-order chi connectivity index (χ0) is 27.3. The number of hydrogen-bond acceptors (Lipinski definition) is 9. The molecule has 1 unspecified atom stereocenters. The minimum atomic E-state index is -0.910. The molecule has 1 aromatic rings. The fourth-order valence-corrected chi connectivity index (χ4v) is 3.81. The van der Waals surface area contributed by atoms with Crippen LogP contribution in [-0.4, -0.2) is 55.4 Å². The van der Waals surface area contributed by atoms with Crippen LogP contribution < -0.4 is 4.74 Å². The van der Waals surface area contributed by atoms with Crippen molar-refractivity contribution in [2.75, 3.05) is 19.8 Å². The number of aliphatic hydroxyl groups excluding tert-OH is 1. The Balaban J connectivity index is 1.61. The number of benzene rings is 1. The third-order valence-electron chi connectivity index (χ3n) is 6.18. The highest BCUT2D eigenvalue weighted by Gasteiger charge is 2.27. The van der Waals surface area contributed by atoms with Crippen LogP contribution in [0.5, 0.6) is 5.75 Å². The number of aldehydes is 1. The SMILES string of the molecule is C=CC(=O)OCC(C)(C)COC(=O)CCC(=O)OCCc1ccc(OC(O)C2CCC(C=O)CC2)cc1. The molecule has 9 heteroatoms. The Morgan fingerprint density at radius 3 is 2.19 bits per heavy atom. The number of carbonyl (C=O) groups excluding carboxylic acids is 4. The van der Waals surface area contributed by atoms with Crippen LogP contribution in [0.1, 0.15) is 57.9 Å². The van der Waals surface area contributed by atoms with Gasteiger partial charge in [-0.15, -0.1) is 0 Å². The highest BCUT2D eigenvalue weighted by Crippen LogP contribution is 2.31. The fourth-order valence-electron chi connectivity index (χ4n) is 3.81. The van der Waals surface area contributed by atoms with Crippen molar-refractivity contribution in [2.45, 2.75) is 65.1 Å². The molecule has 1 aliphatic carbocycles. The second-order valence-electron chi connectivity index (χ2n) is 10.1. The molecule has 0 saturated heterocycles. The van der Waals surface area contributed by atoms with Crippen LogP contribution in [0.4, 0.5) is 0 Å². The van der Waals surface area contributed by atoms with Crippen LogP contribution in [0.2, 0.25) is 0 Å². The maximum atomic E-state index is 12.0. The van der Waals surface area contributed by atoms with E-state index in [9.17, 15) is 24.3 Å². The lowest BCUT2D eigenvalue weighted by atomic mass is 9.82. The van der Waals surface area contributed by atoms with Gasteiger partial charge in [-0.25, -0.2) is 4.79 Å². The summed E-state index contributed by atoms with van der Waals surface area (Å²) in [7, 11) is 0. The zero-order valence-electron chi connectivity index (χ0n) is 21.7. The van der Waals surface area contributed by atoms with Gasteiger partial charge in [-0.2, -0.15) is 0 Å². The van der Waals surface area contributed by atoms with Crippen molar-refractivity contribution in [1.82, 2.24) is 0 Å². The van der Waals surface area contributed by atoms with Gasteiger partial charge in [0.1, 0.15) is 12.0 Å². The van der Waals surface area contributed by atoms with Crippen LogP contribution in [0.25, 0.3) is 0 Å². The largest absolute Gasteiger partial charge is 0.465 e. The van der Waals surface area contributed by atoms with Gasteiger partial charge < -0.3 is 28.8 Å². The quantitative estimate of drug-likeness (QED) is 0.122. The Labute approximate surface area is 218 Å². The molecule has 204 valence electrons. The predicted molar refractivity (Wildman–Crippen MR) is 134 cm³/mol. The molecule has 1 fully saturated rings. The lowest BCUT2D eigenvalue weighted by Crippen LogP contribution is -2.30. The van der Waals surface area contributed by atoms with Crippen molar-refractivity contribution in [1.29, 1.82) is 0 Å². The monoisotopic (exact) mass is 518 g/mol. The average Bonchev–Trinajstić information content (AvgIpc) is 2.90. The van der Waals surface area contributed by atoms with Crippen molar-refractivity contribution in [3.05, 3.63) is 42.5 Å². The highest BCUT2D eigenvalue weighted by molar-refractivity contribution is 5.81. The Kier molecular flexibility index (Phi) is 12.3. The number of carbonyl (C=O) groups is 4. The van der Waals surface area contributed by atoms with Crippen molar-refractivity contribution in [3.63, 3.8) is 0 Å². The van der Waals surface area contributed by atoms with Gasteiger partial charge in [0.25, 0.3) is 0 Å². The summed E-state index contributed by atoms with van der Waals surface area (Å²) in [5.41, 5.74) is 0.365. The molecule has 37 heavy (non-hydrogen) atoms. The van der Waals surface area contributed by atoms with E-state index in [4.69, 9.17) is 18.9 Å². The van der Waals surface area contributed by atoms with E-state index < -0.39 is 29.6 Å². The van der Waals surface area contributed by atoms with Gasteiger partial charge in [-0.05, 0) is 43.4 Å². The van der Waals surface area contributed by atoms with E-state index in [1.165, 1.54) is 0 Å². The van der Waals surface area contributed by atoms with E-state index in [-0.39, 0.29) is 44.5 Å². The second kappa shape index (κ2) is 15.1. The van der Waals surface area contributed by atoms with Gasteiger partial charge >= 0.3 is 17.9 Å². The average molecular weight is 519 g/mol. The third kappa shape index (κ3) is 11.6. The van der Waals surface area contributed by atoms with Crippen LogP contribution in [-0.2, 0) is 39.8 Å². The standard InChI is InChI=1S/C28H38O9/c1-4-24(30)35-18-28(2,3)19-36-26(32)14-13-25(31)34-16-15-20-7-11-23(12-8-20)37-27(33)22-9-5-21(17-29)6-10-22/h4,7-8,11-12,17,21-22,27,33H,1,5-6,9-10,13-16,18-19H2,2-3H3. The number of hydrogen-bond donors (Lipinski definition) is 1. The van der Waals surface area contributed by atoms with Gasteiger partial charge in [-0.3, -0.25) is 9.59 Å². The van der Waals surface area contributed by atoms with E-state index in [0.717, 1.165) is 43.6 Å². The molecular weight excluding hydrogens is 480 g/mol. The Hall–Kier alpha value is -3.20. The molecule has 0 radical (unpaired) electrons. The van der Waals surface area contributed by atoms with Crippen LogP contribution in [0.15, 0.2) is 36.9 Å². The summed E-state index contributed by atoms with van der Waals surface area (Å²) in [6.07, 6.45) is 4.52. The molecule has 0 bridgehead atoms. The summed E-state index contributed by atoms with van der Waals surface area (Å²) in [6, 6.07) is 7.19. The molecule has 0 heterocycles. The Morgan fingerprint density at radius 1 is 1.00 bits per heavy atom. The second-order valence-corrected chi connectivity index (χ2v) is 10.1. The van der Waals surface area contributed by atoms with Crippen molar-refractivity contribution < 1.29 is 43.2 Å². The molecule has 1 saturated carbocycles. The molecule has 1 aromatic carbocycles. The molecule has 0 aliphatic heterocycles. The van der Waals surface area contributed by atoms with Crippen LogP contribution in [0, 0.1) is 17.3 Å². The highest BCUT2D eigenvalue weighted by atomic mass is 16.6. The molecule has 0 amide bonds. The van der Waals surface area contributed by atoms with Gasteiger partial charge in [0.15, 0.2) is 6.29 Å². The predicted octanol–water partition coefficient (Wildman–Crippen LogP) is 3.55. The molecule has 0 spiro atoms. The summed E-state index contributed by atoms with van der Waals surface area (Å²) in [6.45, 7) is 7.18. The Bertz CT molecular complexity index is 899. The zero-order valence-corrected chi connectivity index (χ0v) is 21.7. The molecule has 1 atom stereocenters. The molecule has 2 rings (SSSR count). The molecule has 0 aromatic heterocycles. The summed E-state index contributed by atoms with van der Waals surface area (Å²) in [4.78, 5) is 45.9. The first-order chi connectivity index (χ1) is 17.6.